The summed E-state index contributed by atoms with van der Waals surface area (Å²) in [6.07, 6.45) is 4.83. The van der Waals surface area contributed by atoms with Crippen molar-refractivity contribution >= 4 is 0 Å². The molecule has 0 rings (SSSR count). The van der Waals surface area contributed by atoms with Gasteiger partial charge in [0, 0.05) is 6.61 Å². The third-order valence-corrected chi connectivity index (χ3v) is 1.80. The van der Waals surface area contributed by atoms with Gasteiger partial charge in [0.1, 0.15) is 0 Å². The third kappa shape index (κ3) is 13.1. The van der Waals surface area contributed by atoms with Crippen LogP contribution >= 0.6 is 0 Å². The first-order valence-corrected chi connectivity index (χ1v) is 5.72. The van der Waals surface area contributed by atoms with Crippen LogP contribution in [0.2, 0.25) is 0 Å². The molecule has 0 aromatic carbocycles. The number of hydrogen-bond acceptors (Lipinski definition) is 2. The molecule has 0 saturated heterocycles. The van der Waals surface area contributed by atoms with E-state index in [-0.39, 0.29) is 0 Å². The topological polar surface area (TPSA) is 57.5 Å². The van der Waals surface area contributed by atoms with E-state index in [4.69, 9.17) is 12.1 Å². The van der Waals surface area contributed by atoms with Gasteiger partial charge in [0.15, 0.2) is 0 Å². The van der Waals surface area contributed by atoms with Gasteiger partial charge in [0.2, 0.25) is 0 Å². The van der Waals surface area contributed by atoms with Crippen molar-refractivity contribution in [3.8, 4) is 0 Å². The number of rotatable bonds is 5. The fourth-order valence-corrected chi connectivity index (χ4v) is 0.917. The number of unbranched alkanes of at least 4 members (excludes halogenated alkanes) is 1. The monoisotopic (exact) mass is 211 g/mol. The summed E-state index contributed by atoms with van der Waals surface area (Å²) in [6.45, 7) is 4.69. The van der Waals surface area contributed by atoms with Gasteiger partial charge in [-0.3, -0.25) is 0 Å². The van der Waals surface area contributed by atoms with Gasteiger partial charge in [0.05, 0.1) is 0 Å². The SMILES string of the molecule is CCCCC(CC)CO.[O]=[Ti][OH]. The Kier molecular flexibility index (Phi) is 17.4. The fraction of sp³-hybridized carbons (Fsp3) is 1.00. The maximum atomic E-state index is 8.75. The van der Waals surface area contributed by atoms with E-state index in [0.29, 0.717) is 12.5 Å². The molecule has 1 atom stereocenters. The molecule has 73 valence electrons. The molecule has 4 heteroatoms. The van der Waals surface area contributed by atoms with Gasteiger partial charge in [-0.1, -0.05) is 33.1 Å². The Balaban J connectivity index is 0. The van der Waals surface area contributed by atoms with E-state index in [1.165, 1.54) is 19.3 Å². The van der Waals surface area contributed by atoms with Gasteiger partial charge in [-0.25, -0.2) is 0 Å². The van der Waals surface area contributed by atoms with Crippen LogP contribution in [0.3, 0.4) is 0 Å². The average Bonchev–Trinajstić information content (AvgIpc) is 2.08. The fourth-order valence-electron chi connectivity index (χ4n) is 0.917. The maximum absolute atomic E-state index is 8.75. The van der Waals surface area contributed by atoms with E-state index in [0.717, 1.165) is 6.42 Å². The van der Waals surface area contributed by atoms with Crippen LogP contribution in [0.1, 0.15) is 39.5 Å². The third-order valence-electron chi connectivity index (χ3n) is 1.80. The average molecular weight is 211 g/mol. The van der Waals surface area contributed by atoms with Crippen molar-refractivity contribution in [3.63, 3.8) is 0 Å². The molecule has 0 saturated carbocycles. The zero-order chi connectivity index (χ0) is 9.82. The van der Waals surface area contributed by atoms with E-state index in [1.807, 2.05) is 0 Å². The van der Waals surface area contributed by atoms with Gasteiger partial charge < -0.3 is 5.11 Å². The minimum atomic E-state index is -1.75. The van der Waals surface area contributed by atoms with Crippen molar-refractivity contribution in [1.82, 2.24) is 0 Å². The molecule has 0 fully saturated rings. The van der Waals surface area contributed by atoms with E-state index >= 15 is 0 Å². The summed E-state index contributed by atoms with van der Waals surface area (Å²) in [7, 11) is 0. The van der Waals surface area contributed by atoms with Gasteiger partial charge in [-0.2, -0.15) is 0 Å². The van der Waals surface area contributed by atoms with Crippen LogP contribution in [0.5, 0.6) is 0 Å². The molecule has 0 bridgehead atoms. The summed E-state index contributed by atoms with van der Waals surface area (Å²) in [5.41, 5.74) is 0. The zero-order valence-electron chi connectivity index (χ0n) is 7.92. The second kappa shape index (κ2) is 14.0. The zero-order valence-corrected chi connectivity index (χ0v) is 9.48. The molecule has 1 unspecified atom stereocenters. The molecule has 0 aliphatic heterocycles. The van der Waals surface area contributed by atoms with Gasteiger partial charge in [-0.05, 0) is 12.3 Å². The van der Waals surface area contributed by atoms with E-state index < -0.39 is 19.5 Å². The molecule has 3 nitrogen and oxygen atoms in total. The normalized spacial score (nSPS) is 11.0. The quantitative estimate of drug-likeness (QED) is 0.677. The molecule has 0 aliphatic carbocycles. The van der Waals surface area contributed by atoms with Gasteiger partial charge in [-0.15, -0.1) is 0 Å². The molecule has 0 aromatic rings. The summed E-state index contributed by atoms with van der Waals surface area (Å²) in [6, 6.07) is 0. The molecule has 2 N–H and O–H groups in total. The van der Waals surface area contributed by atoms with Crippen LogP contribution in [0.4, 0.5) is 0 Å². The molecule has 0 amide bonds. The second-order valence-corrected chi connectivity index (χ2v) is 2.98. The summed E-state index contributed by atoms with van der Waals surface area (Å²) in [5, 5.41) is 8.75. The molecule has 0 aromatic heterocycles. The first kappa shape index (κ1) is 14.9. The van der Waals surface area contributed by atoms with Gasteiger partial charge >= 0.3 is 26.5 Å². The van der Waals surface area contributed by atoms with Crippen molar-refractivity contribution < 1.29 is 31.6 Å². The van der Waals surface area contributed by atoms with Crippen LogP contribution < -0.4 is 0 Å². The standard InChI is InChI=1S/C8H18O.H2O.O.Ti/c1-3-5-6-8(4-2)7-9;;;/h8-9H,3-7H2,1-2H3;1H2;;/q;;;+1/p-1. The van der Waals surface area contributed by atoms with Crippen molar-refractivity contribution in [2.24, 2.45) is 5.92 Å². The molecular formula is C8H19O3Ti. The molecule has 0 heterocycles. The Morgan fingerprint density at radius 1 is 1.42 bits per heavy atom. The first-order valence-electron chi connectivity index (χ1n) is 4.38. The number of aliphatic hydroxyl groups excluding tert-OH is 1. The number of aliphatic hydroxyl groups is 1. The Bertz CT molecular complexity index is 84.4. The molecule has 0 spiro atoms. The molecule has 0 radical (unpaired) electrons. The van der Waals surface area contributed by atoms with Crippen molar-refractivity contribution in [1.29, 1.82) is 0 Å². The summed E-state index contributed by atoms with van der Waals surface area (Å²) < 4.78 is 15.8. The van der Waals surface area contributed by atoms with Crippen molar-refractivity contribution in [3.05, 3.63) is 0 Å². The van der Waals surface area contributed by atoms with Crippen LogP contribution in [0.25, 0.3) is 0 Å². The minimum absolute atomic E-state index is 0.372. The second-order valence-electron chi connectivity index (χ2n) is 2.69. The summed E-state index contributed by atoms with van der Waals surface area (Å²) in [5.74, 6) is 0.560. The Labute approximate surface area is 83.9 Å². The predicted octanol–water partition coefficient (Wildman–Crippen LogP) is 1.52. The number of hydrogen-bond donors (Lipinski definition) is 2. The van der Waals surface area contributed by atoms with E-state index in [2.05, 4.69) is 13.8 Å². The van der Waals surface area contributed by atoms with Crippen LogP contribution in [-0.2, 0) is 22.8 Å². The Morgan fingerprint density at radius 3 is 2.17 bits per heavy atom. The summed E-state index contributed by atoms with van der Waals surface area (Å²) in [4.78, 5) is 0. The van der Waals surface area contributed by atoms with Crippen molar-refractivity contribution in [2.75, 3.05) is 6.61 Å². The van der Waals surface area contributed by atoms with Crippen LogP contribution in [-0.4, -0.2) is 15.4 Å². The van der Waals surface area contributed by atoms with E-state index in [1.54, 1.807) is 0 Å². The Hall–Kier alpha value is 0.434. The van der Waals surface area contributed by atoms with E-state index in [9.17, 15) is 0 Å². The Morgan fingerprint density at radius 2 is 1.92 bits per heavy atom. The summed E-state index contributed by atoms with van der Waals surface area (Å²) >= 11 is -1.75. The predicted molar refractivity (Wildman–Crippen MR) is 43.3 cm³/mol. The van der Waals surface area contributed by atoms with Gasteiger partial charge in [0.25, 0.3) is 0 Å². The molecular weight excluding hydrogens is 192 g/mol. The molecule has 0 aliphatic rings. The first-order chi connectivity index (χ1) is 5.76. The van der Waals surface area contributed by atoms with Crippen molar-refractivity contribution in [2.45, 2.75) is 39.5 Å². The molecule has 12 heavy (non-hydrogen) atoms. The van der Waals surface area contributed by atoms with Crippen LogP contribution in [0.15, 0.2) is 0 Å². The van der Waals surface area contributed by atoms with Crippen LogP contribution in [0, 0.1) is 5.92 Å².